The molecule has 0 fully saturated rings. The molecule has 4 rings (SSSR count). The van der Waals surface area contributed by atoms with Crippen molar-refractivity contribution in [2.45, 2.75) is 38.8 Å². The summed E-state index contributed by atoms with van der Waals surface area (Å²) in [5.41, 5.74) is 1.80. The van der Waals surface area contributed by atoms with Gasteiger partial charge in [0.05, 0.1) is 11.9 Å². The Kier molecular flexibility index (Phi) is 10.6. The molecule has 0 saturated carbocycles. The topological polar surface area (TPSA) is 105 Å². The monoisotopic (exact) mass is 633 g/mol. The second-order valence-corrected chi connectivity index (χ2v) is 12.5. The fraction of sp³-hybridized carbons (Fsp3) is 0.333. The number of anilines is 1. The summed E-state index contributed by atoms with van der Waals surface area (Å²) in [7, 11) is -3.68. The standard InChI is InChI=1S/C30H33Cl2N3O6S/c1-3-33-30(37)26(17-21-9-5-4-6-10-21)34(19-23-24(31)11-7-12-25(23)32)29(36)13-8-16-35(42(2,38)39)22-14-15-27-28(18-22)41-20-40-27/h4-7,9-12,14-15,18,26H,3,8,13,16-17,19-20H2,1-2H3,(H,33,37). The van der Waals surface area contributed by atoms with E-state index in [1.807, 2.05) is 37.3 Å². The molecule has 3 aromatic carbocycles. The molecule has 224 valence electrons. The third-order valence-electron chi connectivity index (χ3n) is 6.81. The molecular formula is C30H33Cl2N3O6S. The lowest BCUT2D eigenvalue weighted by Crippen LogP contribution is -2.50. The molecule has 0 bridgehead atoms. The van der Waals surface area contributed by atoms with Gasteiger partial charge >= 0.3 is 0 Å². The highest BCUT2D eigenvalue weighted by Crippen LogP contribution is 2.36. The zero-order chi connectivity index (χ0) is 30.3. The van der Waals surface area contributed by atoms with Gasteiger partial charge in [-0.3, -0.25) is 13.9 Å². The number of sulfonamides is 1. The molecule has 1 aliphatic rings. The van der Waals surface area contributed by atoms with Gasteiger partial charge in [0, 0.05) is 54.2 Å². The smallest absolute Gasteiger partial charge is 0.243 e. The minimum absolute atomic E-state index is 0.00390. The number of amides is 2. The normalized spacial score (nSPS) is 13.0. The lowest BCUT2D eigenvalue weighted by atomic mass is 10.0. The average Bonchev–Trinajstić information content (AvgIpc) is 3.42. The zero-order valence-electron chi connectivity index (χ0n) is 23.4. The van der Waals surface area contributed by atoms with Crippen molar-refractivity contribution in [1.82, 2.24) is 10.2 Å². The van der Waals surface area contributed by atoms with E-state index in [9.17, 15) is 18.0 Å². The first-order chi connectivity index (χ1) is 20.1. The van der Waals surface area contributed by atoms with Crippen LogP contribution in [0.2, 0.25) is 10.0 Å². The summed E-state index contributed by atoms with van der Waals surface area (Å²) in [6.45, 7) is 2.30. The molecule has 12 heteroatoms. The average molecular weight is 635 g/mol. The Balaban J connectivity index is 1.59. The Morgan fingerprint density at radius 2 is 1.67 bits per heavy atom. The number of hydrogen-bond donors (Lipinski definition) is 1. The van der Waals surface area contributed by atoms with Gasteiger partial charge in [0.1, 0.15) is 6.04 Å². The molecule has 0 aromatic heterocycles. The maximum absolute atomic E-state index is 13.9. The molecule has 42 heavy (non-hydrogen) atoms. The van der Waals surface area contributed by atoms with Gasteiger partial charge < -0.3 is 19.7 Å². The number of nitrogens with zero attached hydrogens (tertiary/aromatic N) is 2. The molecule has 1 unspecified atom stereocenters. The molecule has 9 nitrogen and oxygen atoms in total. The van der Waals surface area contributed by atoms with Gasteiger partial charge in [-0.25, -0.2) is 8.42 Å². The minimum atomic E-state index is -3.68. The van der Waals surface area contributed by atoms with E-state index in [-0.39, 0.29) is 51.0 Å². The van der Waals surface area contributed by atoms with Crippen LogP contribution in [0.3, 0.4) is 0 Å². The van der Waals surface area contributed by atoms with Crippen LogP contribution in [0.15, 0.2) is 66.7 Å². The van der Waals surface area contributed by atoms with Crippen LogP contribution in [0.1, 0.15) is 30.9 Å². The first-order valence-electron chi connectivity index (χ1n) is 13.5. The number of ether oxygens (including phenoxy) is 2. The molecule has 1 N–H and O–H groups in total. The maximum atomic E-state index is 13.9. The SMILES string of the molecule is CCNC(=O)C(Cc1ccccc1)N(Cc1c(Cl)cccc1Cl)C(=O)CCCN(c1ccc2c(c1)OCO2)S(C)(=O)=O. The summed E-state index contributed by atoms with van der Waals surface area (Å²) in [5, 5.41) is 3.60. The predicted molar refractivity (Wildman–Crippen MR) is 164 cm³/mol. The van der Waals surface area contributed by atoms with Crippen molar-refractivity contribution < 1.29 is 27.5 Å². The zero-order valence-corrected chi connectivity index (χ0v) is 25.7. The summed E-state index contributed by atoms with van der Waals surface area (Å²) in [6, 6.07) is 18.5. The van der Waals surface area contributed by atoms with Crippen molar-refractivity contribution in [2.24, 2.45) is 0 Å². The van der Waals surface area contributed by atoms with Crippen molar-refractivity contribution in [1.29, 1.82) is 0 Å². The lowest BCUT2D eigenvalue weighted by Gasteiger charge is -2.32. The number of benzene rings is 3. The highest BCUT2D eigenvalue weighted by atomic mass is 35.5. The van der Waals surface area contributed by atoms with Gasteiger partial charge in [-0.15, -0.1) is 0 Å². The second kappa shape index (κ2) is 14.1. The van der Waals surface area contributed by atoms with Crippen LogP contribution in [-0.2, 0) is 32.6 Å². The van der Waals surface area contributed by atoms with E-state index in [1.54, 1.807) is 36.4 Å². The lowest BCUT2D eigenvalue weighted by molar-refractivity contribution is -0.141. The highest BCUT2D eigenvalue weighted by Gasteiger charge is 2.31. The van der Waals surface area contributed by atoms with Crippen molar-refractivity contribution in [3.63, 3.8) is 0 Å². The number of halogens is 2. The van der Waals surface area contributed by atoms with Gasteiger partial charge in [-0.05, 0) is 43.2 Å². The van der Waals surface area contributed by atoms with E-state index in [0.29, 0.717) is 39.3 Å². The Labute approximate surface area is 256 Å². The van der Waals surface area contributed by atoms with E-state index in [4.69, 9.17) is 32.7 Å². The van der Waals surface area contributed by atoms with Crippen LogP contribution in [0.5, 0.6) is 11.5 Å². The molecule has 2 amide bonds. The Morgan fingerprint density at radius 1 is 0.976 bits per heavy atom. The first-order valence-corrected chi connectivity index (χ1v) is 16.1. The molecular weight excluding hydrogens is 601 g/mol. The van der Waals surface area contributed by atoms with Crippen molar-refractivity contribution in [3.8, 4) is 11.5 Å². The van der Waals surface area contributed by atoms with E-state index in [0.717, 1.165) is 11.8 Å². The molecule has 1 aliphatic heterocycles. The molecule has 0 radical (unpaired) electrons. The van der Waals surface area contributed by atoms with Crippen molar-refractivity contribution in [3.05, 3.63) is 87.9 Å². The second-order valence-electron chi connectivity index (χ2n) is 9.80. The number of nitrogens with one attached hydrogen (secondary N) is 1. The molecule has 1 atom stereocenters. The summed E-state index contributed by atoms with van der Waals surface area (Å²) < 4.78 is 37.4. The number of fused-ring (bicyclic) bond motifs is 1. The van der Waals surface area contributed by atoms with Crippen LogP contribution in [0, 0.1) is 0 Å². The number of rotatable bonds is 13. The Bertz CT molecular complexity index is 1500. The van der Waals surface area contributed by atoms with Crippen LogP contribution >= 0.6 is 23.2 Å². The van der Waals surface area contributed by atoms with Crippen molar-refractivity contribution >= 4 is 50.7 Å². The van der Waals surface area contributed by atoms with Crippen LogP contribution in [-0.4, -0.2) is 57.3 Å². The van der Waals surface area contributed by atoms with Crippen molar-refractivity contribution in [2.75, 3.05) is 30.4 Å². The summed E-state index contributed by atoms with van der Waals surface area (Å²) >= 11 is 12.9. The predicted octanol–water partition coefficient (Wildman–Crippen LogP) is 5.04. The third-order valence-corrected chi connectivity index (χ3v) is 8.71. The van der Waals surface area contributed by atoms with Crippen LogP contribution in [0.4, 0.5) is 5.69 Å². The molecule has 1 heterocycles. The molecule has 0 aliphatic carbocycles. The van der Waals surface area contributed by atoms with E-state index < -0.39 is 16.1 Å². The number of carbonyl (C=O) groups excluding carboxylic acids is 2. The Hall–Kier alpha value is -3.47. The highest BCUT2D eigenvalue weighted by molar-refractivity contribution is 7.92. The maximum Gasteiger partial charge on any atom is 0.243 e. The number of hydrogen-bond acceptors (Lipinski definition) is 6. The van der Waals surface area contributed by atoms with Gasteiger partial charge in [-0.2, -0.15) is 0 Å². The van der Waals surface area contributed by atoms with Crippen LogP contribution < -0.4 is 19.1 Å². The largest absolute Gasteiger partial charge is 0.454 e. The summed E-state index contributed by atoms with van der Waals surface area (Å²) in [4.78, 5) is 28.7. The number of carbonyl (C=O) groups is 2. The fourth-order valence-electron chi connectivity index (χ4n) is 4.74. The van der Waals surface area contributed by atoms with Gasteiger partial charge in [0.15, 0.2) is 11.5 Å². The minimum Gasteiger partial charge on any atom is -0.454 e. The fourth-order valence-corrected chi connectivity index (χ4v) is 6.22. The Morgan fingerprint density at radius 3 is 2.33 bits per heavy atom. The molecule has 3 aromatic rings. The molecule has 0 saturated heterocycles. The van der Waals surface area contributed by atoms with Gasteiger partial charge in [0.25, 0.3) is 0 Å². The van der Waals surface area contributed by atoms with Gasteiger partial charge in [0.2, 0.25) is 28.6 Å². The first kappa shape index (κ1) is 31.5. The third kappa shape index (κ3) is 7.87. The summed E-state index contributed by atoms with van der Waals surface area (Å²) in [6.07, 6.45) is 1.55. The van der Waals surface area contributed by atoms with Gasteiger partial charge in [-0.1, -0.05) is 59.6 Å². The van der Waals surface area contributed by atoms with E-state index in [1.165, 1.54) is 9.21 Å². The quantitative estimate of drug-likeness (QED) is 0.283. The van der Waals surface area contributed by atoms with E-state index >= 15 is 0 Å². The van der Waals surface area contributed by atoms with E-state index in [2.05, 4.69) is 5.32 Å². The number of likely N-dealkylation sites (N-methyl/N-ethyl adjacent to an activating group) is 1. The molecule has 0 spiro atoms. The van der Waals surface area contributed by atoms with Crippen LogP contribution in [0.25, 0.3) is 0 Å². The summed E-state index contributed by atoms with van der Waals surface area (Å²) in [5.74, 6) is 0.338.